The molecule has 0 N–H and O–H groups in total. The monoisotopic (exact) mass is 370 g/mol. The molecule has 0 fully saturated rings. The fourth-order valence-electron chi connectivity index (χ4n) is 3.84. The van der Waals surface area contributed by atoms with Crippen LogP contribution in [0.1, 0.15) is 34.3 Å². The number of hydrogen-bond donors (Lipinski definition) is 0. The van der Waals surface area contributed by atoms with Crippen molar-refractivity contribution in [2.75, 3.05) is 40.0 Å². The first-order valence-corrected chi connectivity index (χ1v) is 9.63. The Labute approximate surface area is 159 Å². The lowest BCUT2D eigenvalue weighted by molar-refractivity contribution is 0.0731. The van der Waals surface area contributed by atoms with Crippen molar-refractivity contribution in [2.24, 2.45) is 0 Å². The molecule has 0 spiro atoms. The van der Waals surface area contributed by atoms with E-state index >= 15 is 0 Å². The average Bonchev–Trinajstić information content (AvgIpc) is 3.35. The highest BCUT2D eigenvalue weighted by molar-refractivity contribution is 5.98. The van der Waals surface area contributed by atoms with Crippen molar-refractivity contribution >= 4 is 5.91 Å². The zero-order chi connectivity index (χ0) is 18.6. The Morgan fingerprint density at radius 3 is 2.89 bits per heavy atom. The van der Waals surface area contributed by atoms with E-state index in [1.165, 1.54) is 5.56 Å². The van der Waals surface area contributed by atoms with E-state index in [0.717, 1.165) is 74.5 Å². The molecule has 1 amide bonds. The summed E-state index contributed by atoms with van der Waals surface area (Å²) in [6.07, 6.45) is 7.49. The highest BCUT2D eigenvalue weighted by Crippen LogP contribution is 2.39. The van der Waals surface area contributed by atoms with Gasteiger partial charge in [0.2, 0.25) is 6.79 Å². The van der Waals surface area contributed by atoms with Gasteiger partial charge in [0, 0.05) is 24.2 Å². The second-order valence-corrected chi connectivity index (χ2v) is 7.26. The zero-order valence-corrected chi connectivity index (χ0v) is 15.8. The minimum absolute atomic E-state index is 0.108. The zero-order valence-electron chi connectivity index (χ0n) is 15.8. The summed E-state index contributed by atoms with van der Waals surface area (Å²) in [5.74, 6) is 1.63. The number of furan rings is 1. The van der Waals surface area contributed by atoms with E-state index in [2.05, 4.69) is 11.9 Å². The number of fused-ring (bicyclic) bond motifs is 3. The van der Waals surface area contributed by atoms with E-state index in [1.54, 1.807) is 6.26 Å². The first-order chi connectivity index (χ1) is 13.2. The molecular formula is C21H26N2O4. The van der Waals surface area contributed by atoms with Gasteiger partial charge in [-0.2, -0.15) is 0 Å². The molecule has 27 heavy (non-hydrogen) atoms. The molecule has 0 radical (unpaired) electrons. The van der Waals surface area contributed by atoms with Gasteiger partial charge in [0.1, 0.15) is 0 Å². The topological polar surface area (TPSA) is 55.2 Å². The lowest BCUT2D eigenvalue weighted by Gasteiger charge is -2.29. The number of aryl methyl sites for hydroxylation is 1. The fourth-order valence-corrected chi connectivity index (χ4v) is 3.84. The maximum absolute atomic E-state index is 12.8. The normalized spacial score (nSPS) is 15.5. The summed E-state index contributed by atoms with van der Waals surface area (Å²) in [5.41, 5.74) is 3.02. The van der Waals surface area contributed by atoms with Gasteiger partial charge in [-0.15, -0.1) is 0 Å². The maximum atomic E-state index is 12.8. The number of carbonyl (C=O) groups excluding carboxylic acids is 1. The van der Waals surface area contributed by atoms with E-state index < -0.39 is 0 Å². The molecule has 0 saturated heterocycles. The van der Waals surface area contributed by atoms with E-state index in [1.807, 2.05) is 29.4 Å². The fraction of sp³-hybridized carbons (Fsp3) is 0.476. The Hall–Kier alpha value is -2.47. The van der Waals surface area contributed by atoms with Crippen LogP contribution in [0, 0.1) is 0 Å². The van der Waals surface area contributed by atoms with Crippen LogP contribution < -0.4 is 9.47 Å². The van der Waals surface area contributed by atoms with Crippen LogP contribution in [-0.2, 0) is 12.8 Å². The molecule has 0 aliphatic carbocycles. The number of carbonyl (C=O) groups is 1. The number of hydrogen-bond acceptors (Lipinski definition) is 5. The summed E-state index contributed by atoms with van der Waals surface area (Å²) in [5, 5.41) is 0. The molecule has 1 aromatic heterocycles. The van der Waals surface area contributed by atoms with Crippen molar-refractivity contribution in [3.63, 3.8) is 0 Å². The van der Waals surface area contributed by atoms with Gasteiger partial charge in [0.05, 0.1) is 12.5 Å². The first-order valence-electron chi connectivity index (χ1n) is 9.63. The molecule has 2 aromatic rings. The molecule has 1 aromatic carbocycles. The van der Waals surface area contributed by atoms with E-state index in [4.69, 9.17) is 13.9 Å². The summed E-state index contributed by atoms with van der Waals surface area (Å²) in [6, 6.07) is 5.74. The maximum Gasteiger partial charge on any atom is 0.254 e. The van der Waals surface area contributed by atoms with Crippen LogP contribution in [0.25, 0.3) is 0 Å². The summed E-state index contributed by atoms with van der Waals surface area (Å²) >= 11 is 0. The van der Waals surface area contributed by atoms with E-state index in [-0.39, 0.29) is 12.7 Å². The molecule has 144 valence electrons. The summed E-state index contributed by atoms with van der Waals surface area (Å²) in [6.45, 7) is 3.82. The van der Waals surface area contributed by atoms with Crippen LogP contribution in [0.2, 0.25) is 0 Å². The second-order valence-electron chi connectivity index (χ2n) is 7.26. The van der Waals surface area contributed by atoms with Gasteiger partial charge in [-0.05, 0) is 69.6 Å². The van der Waals surface area contributed by atoms with E-state index in [0.29, 0.717) is 0 Å². The number of ether oxygens (including phenoxy) is 2. The van der Waals surface area contributed by atoms with Crippen molar-refractivity contribution in [3.8, 4) is 11.5 Å². The SMILES string of the molecule is CN(CCCc1ccoc1)CCCN1CCc2c(ccc3c2OCO3)C1=O. The highest BCUT2D eigenvalue weighted by atomic mass is 16.7. The van der Waals surface area contributed by atoms with Crippen molar-refractivity contribution in [3.05, 3.63) is 47.4 Å². The Morgan fingerprint density at radius 1 is 1.15 bits per heavy atom. The lowest BCUT2D eigenvalue weighted by atomic mass is 9.97. The minimum atomic E-state index is 0.108. The number of amides is 1. The largest absolute Gasteiger partial charge is 0.472 e. The van der Waals surface area contributed by atoms with Gasteiger partial charge in [-0.3, -0.25) is 4.79 Å². The predicted octanol–water partition coefficient (Wildman–Crippen LogP) is 2.96. The minimum Gasteiger partial charge on any atom is -0.472 e. The van der Waals surface area contributed by atoms with Crippen LogP contribution in [-0.4, -0.2) is 55.7 Å². The van der Waals surface area contributed by atoms with Crippen molar-refractivity contribution in [2.45, 2.75) is 25.7 Å². The molecular weight excluding hydrogens is 344 g/mol. The van der Waals surface area contributed by atoms with Gasteiger partial charge in [0.25, 0.3) is 5.91 Å². The summed E-state index contributed by atoms with van der Waals surface area (Å²) < 4.78 is 16.1. The molecule has 6 heteroatoms. The third kappa shape index (κ3) is 3.95. The Morgan fingerprint density at radius 2 is 2.04 bits per heavy atom. The predicted molar refractivity (Wildman–Crippen MR) is 101 cm³/mol. The van der Waals surface area contributed by atoms with Crippen LogP contribution in [0.5, 0.6) is 11.5 Å². The molecule has 4 rings (SSSR count). The third-order valence-electron chi connectivity index (χ3n) is 5.34. The van der Waals surface area contributed by atoms with Gasteiger partial charge in [-0.1, -0.05) is 0 Å². The number of rotatable bonds is 8. The molecule has 0 atom stereocenters. The van der Waals surface area contributed by atoms with Crippen LogP contribution in [0.3, 0.4) is 0 Å². The standard InChI is InChI=1S/C21H26N2O4/c1-22(9-2-4-16-8-13-25-14-16)10-3-11-23-12-7-17-18(21(23)24)5-6-19-20(17)27-15-26-19/h5-6,8,13-14H,2-4,7,9-12,15H2,1H3. The molecule has 0 saturated carbocycles. The third-order valence-corrected chi connectivity index (χ3v) is 5.34. The van der Waals surface area contributed by atoms with Gasteiger partial charge >= 0.3 is 0 Å². The smallest absolute Gasteiger partial charge is 0.254 e. The molecule has 0 bridgehead atoms. The van der Waals surface area contributed by atoms with E-state index in [9.17, 15) is 4.79 Å². The average molecular weight is 370 g/mol. The van der Waals surface area contributed by atoms with Crippen molar-refractivity contribution in [1.82, 2.24) is 9.80 Å². The first kappa shape index (κ1) is 17.9. The Balaban J connectivity index is 1.23. The number of benzene rings is 1. The molecule has 2 aliphatic heterocycles. The second kappa shape index (κ2) is 8.05. The molecule has 2 aliphatic rings. The van der Waals surface area contributed by atoms with Crippen LogP contribution in [0.4, 0.5) is 0 Å². The van der Waals surface area contributed by atoms with Gasteiger partial charge < -0.3 is 23.7 Å². The Kier molecular flexibility index (Phi) is 5.34. The van der Waals surface area contributed by atoms with Crippen LogP contribution >= 0.6 is 0 Å². The Bertz CT molecular complexity index is 788. The summed E-state index contributed by atoms with van der Waals surface area (Å²) in [7, 11) is 2.14. The molecule has 6 nitrogen and oxygen atoms in total. The molecule has 3 heterocycles. The number of nitrogens with zero attached hydrogens (tertiary/aromatic N) is 2. The van der Waals surface area contributed by atoms with Crippen LogP contribution in [0.15, 0.2) is 35.1 Å². The van der Waals surface area contributed by atoms with Crippen molar-refractivity contribution in [1.29, 1.82) is 0 Å². The lowest BCUT2D eigenvalue weighted by Crippen LogP contribution is -2.39. The van der Waals surface area contributed by atoms with Gasteiger partial charge in [-0.25, -0.2) is 0 Å². The van der Waals surface area contributed by atoms with Gasteiger partial charge in [0.15, 0.2) is 11.5 Å². The van der Waals surface area contributed by atoms with Crippen molar-refractivity contribution < 1.29 is 18.7 Å². The molecule has 0 unspecified atom stereocenters. The summed E-state index contributed by atoms with van der Waals surface area (Å²) in [4.78, 5) is 17.1. The highest BCUT2D eigenvalue weighted by Gasteiger charge is 2.30. The quantitative estimate of drug-likeness (QED) is 0.715.